The van der Waals surface area contributed by atoms with E-state index < -0.39 is 10.0 Å². The van der Waals surface area contributed by atoms with Gasteiger partial charge in [-0.2, -0.15) is 5.10 Å². The Morgan fingerprint density at radius 3 is 2.72 bits per heavy atom. The zero-order chi connectivity index (χ0) is 20.6. The lowest BCUT2D eigenvalue weighted by Crippen LogP contribution is -2.30. The van der Waals surface area contributed by atoms with Gasteiger partial charge in [-0.05, 0) is 50.1 Å². The van der Waals surface area contributed by atoms with Gasteiger partial charge in [-0.15, -0.1) is 0 Å². The molecule has 0 fully saturated rings. The van der Waals surface area contributed by atoms with Crippen LogP contribution in [0.1, 0.15) is 17.0 Å². The summed E-state index contributed by atoms with van der Waals surface area (Å²) in [7, 11) is -3.68. The van der Waals surface area contributed by atoms with E-state index in [2.05, 4.69) is 5.10 Å². The fourth-order valence-electron chi connectivity index (χ4n) is 3.75. The molecule has 0 bridgehead atoms. The number of rotatable bonds is 6. The van der Waals surface area contributed by atoms with Crippen molar-refractivity contribution < 1.29 is 13.2 Å². The minimum atomic E-state index is -3.68. The van der Waals surface area contributed by atoms with Gasteiger partial charge in [-0.1, -0.05) is 35.9 Å². The number of nitrogens with zero attached hydrogens (tertiary/aromatic N) is 3. The van der Waals surface area contributed by atoms with Crippen LogP contribution in [0.15, 0.2) is 53.4 Å². The Balaban J connectivity index is 1.55. The molecule has 29 heavy (non-hydrogen) atoms. The maximum atomic E-state index is 13.4. The Morgan fingerprint density at radius 2 is 1.93 bits per heavy atom. The Hall–Kier alpha value is -2.51. The molecule has 0 saturated heterocycles. The third-order valence-electron chi connectivity index (χ3n) is 5.08. The first-order chi connectivity index (χ1) is 13.9. The van der Waals surface area contributed by atoms with Gasteiger partial charge in [0.15, 0.2) is 0 Å². The van der Waals surface area contributed by atoms with Gasteiger partial charge in [0.05, 0.1) is 23.6 Å². The second-order valence-corrected chi connectivity index (χ2v) is 9.22. The number of aromatic nitrogens is 2. The molecule has 3 aromatic rings. The van der Waals surface area contributed by atoms with Gasteiger partial charge in [0.25, 0.3) is 10.0 Å². The standard InChI is InChI=1S/C21H22ClN3O3S/c1-15-21(29(26,27)25-11-10-17-6-3-4-9-20(17)25)16(2)24(23-15)12-13-28-19-8-5-7-18(22)14-19/h3-9,14H,10-13H2,1-2H3. The average Bonchev–Trinajstić information content (AvgIpc) is 3.23. The summed E-state index contributed by atoms with van der Waals surface area (Å²) < 4.78 is 35.7. The highest BCUT2D eigenvalue weighted by atomic mass is 35.5. The predicted molar refractivity (Wildman–Crippen MR) is 113 cm³/mol. The average molecular weight is 432 g/mol. The number of hydrogen-bond donors (Lipinski definition) is 0. The molecule has 152 valence electrons. The Morgan fingerprint density at radius 1 is 1.14 bits per heavy atom. The highest BCUT2D eigenvalue weighted by molar-refractivity contribution is 7.93. The summed E-state index contributed by atoms with van der Waals surface area (Å²) in [5.74, 6) is 0.667. The van der Waals surface area contributed by atoms with E-state index in [9.17, 15) is 8.42 Å². The number of benzene rings is 2. The van der Waals surface area contributed by atoms with Crippen LogP contribution in [-0.2, 0) is 23.0 Å². The van der Waals surface area contributed by atoms with Crippen LogP contribution in [0.3, 0.4) is 0 Å². The number of hydrogen-bond acceptors (Lipinski definition) is 4. The van der Waals surface area contributed by atoms with Crippen LogP contribution in [0, 0.1) is 13.8 Å². The SMILES string of the molecule is Cc1nn(CCOc2cccc(Cl)c2)c(C)c1S(=O)(=O)N1CCc2ccccc21. The molecule has 0 spiro atoms. The van der Waals surface area contributed by atoms with Crippen molar-refractivity contribution in [1.29, 1.82) is 0 Å². The van der Waals surface area contributed by atoms with Gasteiger partial charge in [0.1, 0.15) is 17.3 Å². The Kier molecular flexibility index (Phi) is 5.27. The van der Waals surface area contributed by atoms with Crippen LogP contribution in [-0.4, -0.2) is 31.3 Å². The number of fused-ring (bicyclic) bond motifs is 1. The van der Waals surface area contributed by atoms with Gasteiger partial charge in [0, 0.05) is 11.6 Å². The first-order valence-electron chi connectivity index (χ1n) is 9.41. The highest BCUT2D eigenvalue weighted by Gasteiger charge is 2.34. The third-order valence-corrected chi connectivity index (χ3v) is 7.38. The number of para-hydroxylation sites is 1. The summed E-state index contributed by atoms with van der Waals surface area (Å²) in [4.78, 5) is 0.275. The minimum absolute atomic E-state index is 0.275. The van der Waals surface area contributed by atoms with Crippen molar-refractivity contribution in [2.75, 3.05) is 17.5 Å². The number of ether oxygens (including phenoxy) is 1. The van der Waals surface area contributed by atoms with Gasteiger partial charge in [-0.25, -0.2) is 8.42 Å². The van der Waals surface area contributed by atoms with E-state index in [1.807, 2.05) is 36.4 Å². The molecule has 0 unspecified atom stereocenters. The normalized spacial score (nSPS) is 13.6. The zero-order valence-electron chi connectivity index (χ0n) is 16.3. The number of halogens is 1. The molecule has 0 aliphatic carbocycles. The molecule has 4 rings (SSSR count). The van der Waals surface area contributed by atoms with Crippen LogP contribution in [0.4, 0.5) is 5.69 Å². The molecule has 0 amide bonds. The topological polar surface area (TPSA) is 64.4 Å². The molecular formula is C21H22ClN3O3S. The largest absolute Gasteiger partial charge is 0.492 e. The van der Waals surface area contributed by atoms with E-state index in [-0.39, 0.29) is 4.90 Å². The molecule has 0 radical (unpaired) electrons. The summed E-state index contributed by atoms with van der Waals surface area (Å²) in [6, 6.07) is 14.8. The summed E-state index contributed by atoms with van der Waals surface area (Å²) in [5.41, 5.74) is 2.91. The number of sulfonamides is 1. The predicted octanol–water partition coefficient (Wildman–Crippen LogP) is 3.98. The number of anilines is 1. The van der Waals surface area contributed by atoms with Crippen LogP contribution in [0.2, 0.25) is 5.02 Å². The van der Waals surface area contributed by atoms with Gasteiger partial charge in [-0.3, -0.25) is 8.99 Å². The van der Waals surface area contributed by atoms with Crippen LogP contribution < -0.4 is 9.04 Å². The third kappa shape index (κ3) is 3.72. The fraction of sp³-hybridized carbons (Fsp3) is 0.286. The Bertz CT molecular complexity index is 1160. The second-order valence-electron chi connectivity index (χ2n) is 6.98. The van der Waals surface area contributed by atoms with E-state index in [4.69, 9.17) is 16.3 Å². The molecule has 8 heteroatoms. The van der Waals surface area contributed by atoms with Crippen LogP contribution in [0.5, 0.6) is 5.75 Å². The Labute approximate surface area is 175 Å². The van der Waals surface area contributed by atoms with Crippen molar-refractivity contribution in [1.82, 2.24) is 9.78 Å². The van der Waals surface area contributed by atoms with Gasteiger partial charge < -0.3 is 4.74 Å². The van der Waals surface area contributed by atoms with Gasteiger partial charge in [0.2, 0.25) is 0 Å². The van der Waals surface area contributed by atoms with Crippen LogP contribution >= 0.6 is 11.6 Å². The molecule has 2 heterocycles. The van der Waals surface area contributed by atoms with Gasteiger partial charge >= 0.3 is 0 Å². The lowest BCUT2D eigenvalue weighted by atomic mass is 10.2. The van der Waals surface area contributed by atoms with Crippen molar-refractivity contribution in [3.05, 3.63) is 70.5 Å². The maximum absolute atomic E-state index is 13.4. The zero-order valence-corrected chi connectivity index (χ0v) is 17.9. The van der Waals surface area contributed by atoms with Crippen LogP contribution in [0.25, 0.3) is 0 Å². The lowest BCUT2D eigenvalue weighted by molar-refractivity contribution is 0.289. The van der Waals surface area contributed by atoms with E-state index >= 15 is 0 Å². The first kappa shape index (κ1) is 19.8. The monoisotopic (exact) mass is 431 g/mol. The quantitative estimate of drug-likeness (QED) is 0.592. The number of aryl methyl sites for hydroxylation is 1. The van der Waals surface area contributed by atoms with E-state index in [1.54, 1.807) is 30.7 Å². The van der Waals surface area contributed by atoms with E-state index in [0.29, 0.717) is 41.9 Å². The molecule has 1 aromatic heterocycles. The highest BCUT2D eigenvalue weighted by Crippen LogP contribution is 2.34. The van der Waals surface area contributed by atoms with Crippen molar-refractivity contribution in [2.24, 2.45) is 0 Å². The molecular weight excluding hydrogens is 410 g/mol. The second kappa shape index (κ2) is 7.72. The van der Waals surface area contributed by atoms with Crippen molar-refractivity contribution in [3.63, 3.8) is 0 Å². The lowest BCUT2D eigenvalue weighted by Gasteiger charge is -2.19. The molecule has 0 saturated carbocycles. The smallest absolute Gasteiger partial charge is 0.268 e. The molecule has 0 atom stereocenters. The van der Waals surface area contributed by atoms with E-state index in [0.717, 1.165) is 17.7 Å². The fourth-order valence-corrected chi connectivity index (χ4v) is 5.81. The molecule has 1 aliphatic rings. The van der Waals surface area contributed by atoms with Crippen molar-refractivity contribution >= 4 is 27.3 Å². The minimum Gasteiger partial charge on any atom is -0.492 e. The van der Waals surface area contributed by atoms with Crippen molar-refractivity contribution in [2.45, 2.75) is 31.7 Å². The maximum Gasteiger partial charge on any atom is 0.268 e. The molecule has 1 aliphatic heterocycles. The molecule has 0 N–H and O–H groups in total. The summed E-state index contributed by atoms with van der Waals surface area (Å²) in [6.07, 6.45) is 0.717. The van der Waals surface area contributed by atoms with Crippen molar-refractivity contribution in [3.8, 4) is 5.75 Å². The summed E-state index contributed by atoms with van der Waals surface area (Å²) in [5, 5.41) is 5.06. The van der Waals surface area contributed by atoms with E-state index in [1.165, 1.54) is 4.31 Å². The summed E-state index contributed by atoms with van der Waals surface area (Å²) >= 11 is 5.97. The summed E-state index contributed by atoms with van der Waals surface area (Å²) in [6.45, 7) is 4.76. The first-order valence-corrected chi connectivity index (χ1v) is 11.2. The molecule has 6 nitrogen and oxygen atoms in total. The molecule has 2 aromatic carbocycles.